The number of amides is 1. The monoisotopic (exact) mass is 305 g/mol. The van der Waals surface area contributed by atoms with Crippen molar-refractivity contribution in [1.29, 1.82) is 0 Å². The van der Waals surface area contributed by atoms with Gasteiger partial charge in [-0.3, -0.25) is 9.89 Å². The highest BCUT2D eigenvalue weighted by molar-refractivity contribution is 8.00. The summed E-state index contributed by atoms with van der Waals surface area (Å²) in [5.41, 5.74) is 2.83. The third kappa shape index (κ3) is 2.44. The van der Waals surface area contributed by atoms with Gasteiger partial charge in [0, 0.05) is 11.3 Å². The highest BCUT2D eigenvalue weighted by Gasteiger charge is 2.28. The molecule has 21 heavy (non-hydrogen) atoms. The minimum atomic E-state index is -0.0685. The van der Waals surface area contributed by atoms with Crippen LogP contribution in [0.1, 0.15) is 22.1 Å². The molecule has 1 aromatic heterocycles. The largest absolute Gasteiger partial charge is 0.504 e. The van der Waals surface area contributed by atoms with Crippen molar-refractivity contribution in [2.45, 2.75) is 12.2 Å². The fourth-order valence-electron chi connectivity index (χ4n) is 2.38. The number of ether oxygens (including phenoxy) is 1. The lowest BCUT2D eigenvalue weighted by atomic mass is 10.0. The number of H-pyrrole nitrogens is 1. The molecule has 1 atom stereocenters. The highest BCUT2D eigenvalue weighted by Crippen LogP contribution is 2.43. The molecule has 0 fully saturated rings. The van der Waals surface area contributed by atoms with Gasteiger partial charge in [0.25, 0.3) is 0 Å². The second kappa shape index (κ2) is 5.33. The number of methoxy groups -OCH3 is 1. The van der Waals surface area contributed by atoms with Crippen molar-refractivity contribution in [2.24, 2.45) is 0 Å². The van der Waals surface area contributed by atoms with Crippen molar-refractivity contribution < 1.29 is 14.6 Å². The molecule has 0 aliphatic carbocycles. The van der Waals surface area contributed by atoms with Gasteiger partial charge in [0.1, 0.15) is 0 Å². The van der Waals surface area contributed by atoms with Gasteiger partial charge in [0.15, 0.2) is 17.3 Å². The lowest BCUT2D eigenvalue weighted by molar-refractivity contribution is -0.113. The number of hydrogen-bond acceptors (Lipinski definition) is 5. The molecule has 110 valence electrons. The predicted molar refractivity (Wildman–Crippen MR) is 80.9 cm³/mol. The highest BCUT2D eigenvalue weighted by atomic mass is 32.2. The van der Waals surface area contributed by atoms with E-state index in [2.05, 4.69) is 15.5 Å². The Kier molecular flexibility index (Phi) is 3.50. The molecule has 0 bridgehead atoms. The summed E-state index contributed by atoms with van der Waals surface area (Å²) in [5, 5.41) is 19.5. The van der Waals surface area contributed by atoms with Crippen molar-refractivity contribution in [3.05, 3.63) is 35.0 Å². The topological polar surface area (TPSA) is 87.2 Å². The second-order valence-electron chi connectivity index (χ2n) is 4.78. The van der Waals surface area contributed by atoms with Gasteiger partial charge in [-0.1, -0.05) is 6.07 Å². The average molecular weight is 305 g/mol. The number of aromatic hydroxyl groups is 1. The number of hydrogen-bond donors (Lipinski definition) is 3. The summed E-state index contributed by atoms with van der Waals surface area (Å²) in [6, 6.07) is 5.23. The number of rotatable bonds is 2. The molecule has 2 heterocycles. The van der Waals surface area contributed by atoms with Gasteiger partial charge in [-0.15, -0.1) is 11.8 Å². The Morgan fingerprint density at radius 2 is 2.29 bits per heavy atom. The Bertz CT molecular complexity index is 699. The third-order valence-corrected chi connectivity index (χ3v) is 4.67. The molecule has 6 nitrogen and oxygen atoms in total. The first-order valence-corrected chi connectivity index (χ1v) is 7.48. The molecule has 0 radical (unpaired) electrons. The first kappa shape index (κ1) is 13.8. The molecule has 0 spiro atoms. The number of carbonyl (C=O) groups is 1. The van der Waals surface area contributed by atoms with E-state index in [-0.39, 0.29) is 16.9 Å². The van der Waals surface area contributed by atoms with Gasteiger partial charge in [0.2, 0.25) is 5.91 Å². The summed E-state index contributed by atoms with van der Waals surface area (Å²) in [4.78, 5) is 11.8. The fraction of sp³-hybridized carbons (Fsp3) is 0.286. The SMILES string of the molecule is COc1cc(C2SCC(=O)Nc3n[nH]c(C)c32)ccc1O. The van der Waals surface area contributed by atoms with Crippen LogP contribution in [0, 0.1) is 6.92 Å². The first-order valence-electron chi connectivity index (χ1n) is 6.43. The third-order valence-electron chi connectivity index (χ3n) is 3.40. The molecule has 0 saturated heterocycles. The Morgan fingerprint density at radius 1 is 1.48 bits per heavy atom. The Morgan fingerprint density at radius 3 is 3.05 bits per heavy atom. The Hall–Kier alpha value is -2.15. The standard InChI is InChI=1S/C14H15N3O3S/c1-7-12-13(8-3-4-9(18)10(5-8)20-2)21-6-11(19)15-14(12)17-16-7/h3-5,13,18H,6H2,1-2H3,(H2,15,16,17,19). The van der Waals surface area contributed by atoms with Crippen molar-refractivity contribution in [3.63, 3.8) is 0 Å². The summed E-state index contributed by atoms with van der Waals surface area (Å²) in [5.74, 6) is 1.36. The Balaban J connectivity index is 2.09. The van der Waals surface area contributed by atoms with Crippen LogP contribution in [0.5, 0.6) is 11.5 Å². The zero-order valence-corrected chi connectivity index (χ0v) is 12.5. The summed E-state index contributed by atoms with van der Waals surface area (Å²) in [6.07, 6.45) is 0. The van der Waals surface area contributed by atoms with Gasteiger partial charge in [-0.05, 0) is 24.6 Å². The average Bonchev–Trinajstić information content (AvgIpc) is 2.73. The van der Waals surface area contributed by atoms with E-state index < -0.39 is 0 Å². The maximum Gasteiger partial charge on any atom is 0.235 e. The van der Waals surface area contributed by atoms with Crippen LogP contribution in [0.3, 0.4) is 0 Å². The second-order valence-corrected chi connectivity index (χ2v) is 5.87. The quantitative estimate of drug-likeness (QED) is 0.792. The molecule has 1 amide bonds. The van der Waals surface area contributed by atoms with E-state index in [4.69, 9.17) is 4.74 Å². The lowest BCUT2D eigenvalue weighted by Gasteiger charge is -2.16. The van der Waals surface area contributed by atoms with E-state index in [1.807, 2.05) is 13.0 Å². The normalized spacial score (nSPS) is 17.8. The van der Waals surface area contributed by atoms with Gasteiger partial charge in [-0.25, -0.2) is 0 Å². The number of nitrogens with one attached hydrogen (secondary N) is 2. The number of aromatic amines is 1. The van der Waals surface area contributed by atoms with Crippen LogP contribution < -0.4 is 10.1 Å². The molecule has 3 rings (SSSR count). The van der Waals surface area contributed by atoms with Crippen LogP contribution in [-0.4, -0.2) is 34.1 Å². The molecule has 1 unspecified atom stereocenters. The number of phenolic OH excluding ortho intramolecular Hbond substituents is 1. The van der Waals surface area contributed by atoms with Crippen molar-refractivity contribution in [3.8, 4) is 11.5 Å². The summed E-state index contributed by atoms with van der Waals surface area (Å²) >= 11 is 1.52. The number of phenols is 1. The van der Waals surface area contributed by atoms with Crippen LogP contribution in [0.25, 0.3) is 0 Å². The van der Waals surface area contributed by atoms with E-state index in [0.717, 1.165) is 16.8 Å². The van der Waals surface area contributed by atoms with Crippen LogP contribution in [-0.2, 0) is 4.79 Å². The van der Waals surface area contributed by atoms with E-state index in [0.29, 0.717) is 17.3 Å². The smallest absolute Gasteiger partial charge is 0.235 e. The summed E-state index contributed by atoms with van der Waals surface area (Å²) < 4.78 is 5.16. The summed E-state index contributed by atoms with van der Waals surface area (Å²) in [6.45, 7) is 1.93. The number of nitrogens with zero attached hydrogens (tertiary/aromatic N) is 1. The number of aromatic nitrogens is 2. The molecule has 1 aliphatic rings. The van der Waals surface area contributed by atoms with Gasteiger partial charge in [0.05, 0.1) is 18.1 Å². The molecule has 3 N–H and O–H groups in total. The van der Waals surface area contributed by atoms with Gasteiger partial charge >= 0.3 is 0 Å². The first-order chi connectivity index (χ1) is 10.1. The number of benzene rings is 1. The number of anilines is 1. The van der Waals surface area contributed by atoms with Gasteiger partial charge in [-0.2, -0.15) is 5.10 Å². The number of thioether (sulfide) groups is 1. The molecule has 2 aromatic rings. The molecule has 0 saturated carbocycles. The van der Waals surface area contributed by atoms with E-state index in [1.165, 1.54) is 18.9 Å². The van der Waals surface area contributed by atoms with Crippen LogP contribution in [0.4, 0.5) is 5.82 Å². The van der Waals surface area contributed by atoms with Crippen molar-refractivity contribution in [1.82, 2.24) is 10.2 Å². The molecule has 7 heteroatoms. The van der Waals surface area contributed by atoms with Crippen molar-refractivity contribution >= 4 is 23.5 Å². The van der Waals surface area contributed by atoms with Crippen LogP contribution >= 0.6 is 11.8 Å². The van der Waals surface area contributed by atoms with E-state index in [1.54, 1.807) is 12.1 Å². The zero-order chi connectivity index (χ0) is 15.0. The van der Waals surface area contributed by atoms with E-state index >= 15 is 0 Å². The summed E-state index contributed by atoms with van der Waals surface area (Å²) in [7, 11) is 1.51. The Labute approximate surface area is 125 Å². The van der Waals surface area contributed by atoms with Crippen LogP contribution in [0.15, 0.2) is 18.2 Å². The molecular weight excluding hydrogens is 290 g/mol. The van der Waals surface area contributed by atoms with Crippen molar-refractivity contribution in [2.75, 3.05) is 18.2 Å². The minimum absolute atomic E-state index is 0.0489. The molecule has 1 aromatic carbocycles. The maximum absolute atomic E-state index is 11.8. The number of aryl methyl sites for hydroxylation is 1. The molecule has 1 aliphatic heterocycles. The zero-order valence-electron chi connectivity index (χ0n) is 11.6. The number of fused-ring (bicyclic) bond motifs is 1. The van der Waals surface area contributed by atoms with E-state index in [9.17, 15) is 9.90 Å². The van der Waals surface area contributed by atoms with Gasteiger partial charge < -0.3 is 15.2 Å². The molecular formula is C14H15N3O3S. The number of carbonyl (C=O) groups excluding carboxylic acids is 1. The predicted octanol–water partition coefficient (Wildman–Crippen LogP) is 2.21. The lowest BCUT2D eigenvalue weighted by Crippen LogP contribution is -2.12. The maximum atomic E-state index is 11.8. The van der Waals surface area contributed by atoms with Crippen LogP contribution in [0.2, 0.25) is 0 Å². The minimum Gasteiger partial charge on any atom is -0.504 e. The fourth-order valence-corrected chi connectivity index (χ4v) is 3.57.